The predicted octanol–water partition coefficient (Wildman–Crippen LogP) is 2.34. The van der Waals surface area contributed by atoms with E-state index >= 15 is 0 Å². The highest BCUT2D eigenvalue weighted by atomic mass is 19.3. The summed E-state index contributed by atoms with van der Waals surface area (Å²) >= 11 is 0. The second-order valence-corrected chi connectivity index (χ2v) is 3.27. The highest BCUT2D eigenvalue weighted by Gasteiger charge is 2.20. The molecular formula is C12H11F2NO4. The SMILES string of the molecule is CCOC(=O)c1cc(C#N)c(OC(F)F)c(OC)c1. The first-order valence-electron chi connectivity index (χ1n) is 5.27. The molecule has 1 rings (SSSR count). The van der Waals surface area contributed by atoms with Crippen molar-refractivity contribution in [2.75, 3.05) is 13.7 Å². The Morgan fingerprint density at radius 2 is 2.16 bits per heavy atom. The number of esters is 1. The van der Waals surface area contributed by atoms with E-state index in [1.165, 1.54) is 13.2 Å². The van der Waals surface area contributed by atoms with E-state index in [4.69, 9.17) is 14.7 Å². The predicted molar refractivity (Wildman–Crippen MR) is 60.3 cm³/mol. The molecule has 7 heteroatoms. The van der Waals surface area contributed by atoms with Gasteiger partial charge in [-0.05, 0) is 19.1 Å². The van der Waals surface area contributed by atoms with Gasteiger partial charge in [-0.1, -0.05) is 0 Å². The molecule has 0 aliphatic rings. The van der Waals surface area contributed by atoms with Crippen molar-refractivity contribution in [1.82, 2.24) is 0 Å². The van der Waals surface area contributed by atoms with Gasteiger partial charge in [-0.25, -0.2) is 4.79 Å². The summed E-state index contributed by atoms with van der Waals surface area (Å²) in [6, 6.07) is 3.95. The van der Waals surface area contributed by atoms with Gasteiger partial charge in [-0.15, -0.1) is 0 Å². The fraction of sp³-hybridized carbons (Fsp3) is 0.333. The monoisotopic (exact) mass is 271 g/mol. The topological polar surface area (TPSA) is 68.6 Å². The summed E-state index contributed by atoms with van der Waals surface area (Å²) in [5, 5.41) is 8.90. The molecule has 0 N–H and O–H groups in total. The number of methoxy groups -OCH3 is 1. The van der Waals surface area contributed by atoms with Gasteiger partial charge in [0.05, 0.1) is 24.8 Å². The van der Waals surface area contributed by atoms with Gasteiger partial charge >= 0.3 is 12.6 Å². The summed E-state index contributed by atoms with van der Waals surface area (Å²) in [4.78, 5) is 11.5. The van der Waals surface area contributed by atoms with Crippen molar-refractivity contribution in [1.29, 1.82) is 5.26 Å². The van der Waals surface area contributed by atoms with Gasteiger partial charge in [0, 0.05) is 0 Å². The van der Waals surface area contributed by atoms with Crippen LogP contribution in [-0.2, 0) is 4.74 Å². The average Bonchev–Trinajstić information content (AvgIpc) is 2.38. The normalized spacial score (nSPS) is 9.89. The number of nitrogens with zero attached hydrogens (tertiary/aromatic N) is 1. The second-order valence-electron chi connectivity index (χ2n) is 3.27. The standard InChI is InChI=1S/C12H11F2NO4/c1-3-18-11(16)7-4-8(6-15)10(19-12(13)14)9(5-7)17-2/h4-5,12H,3H2,1-2H3. The van der Waals surface area contributed by atoms with Gasteiger partial charge in [-0.3, -0.25) is 0 Å². The van der Waals surface area contributed by atoms with Crippen LogP contribution in [0.2, 0.25) is 0 Å². The zero-order chi connectivity index (χ0) is 14.4. The Labute approximate surface area is 108 Å². The Kier molecular flexibility index (Phi) is 5.06. The third kappa shape index (κ3) is 3.55. The van der Waals surface area contributed by atoms with Crippen molar-refractivity contribution in [3.63, 3.8) is 0 Å². The number of carbonyl (C=O) groups is 1. The Balaban J connectivity index is 3.28. The van der Waals surface area contributed by atoms with E-state index in [1.807, 2.05) is 0 Å². The highest BCUT2D eigenvalue weighted by molar-refractivity contribution is 5.91. The Hall–Kier alpha value is -2.36. The van der Waals surface area contributed by atoms with Crippen LogP contribution in [0.5, 0.6) is 11.5 Å². The smallest absolute Gasteiger partial charge is 0.387 e. The lowest BCUT2D eigenvalue weighted by molar-refractivity contribution is -0.0514. The number of hydrogen-bond acceptors (Lipinski definition) is 5. The number of carbonyl (C=O) groups excluding carboxylic acids is 1. The largest absolute Gasteiger partial charge is 0.493 e. The molecule has 0 atom stereocenters. The van der Waals surface area contributed by atoms with Crippen molar-refractivity contribution < 1.29 is 27.8 Å². The minimum Gasteiger partial charge on any atom is -0.493 e. The van der Waals surface area contributed by atoms with Crippen LogP contribution in [0.1, 0.15) is 22.8 Å². The molecule has 0 fully saturated rings. The lowest BCUT2D eigenvalue weighted by Gasteiger charge is -2.12. The summed E-state index contributed by atoms with van der Waals surface area (Å²) in [6.45, 7) is -1.33. The van der Waals surface area contributed by atoms with E-state index in [9.17, 15) is 13.6 Å². The van der Waals surface area contributed by atoms with Crippen LogP contribution in [0, 0.1) is 11.3 Å². The third-order valence-corrected chi connectivity index (χ3v) is 2.11. The molecule has 0 amide bonds. The minimum absolute atomic E-state index is 0.0249. The molecule has 0 aliphatic heterocycles. The quantitative estimate of drug-likeness (QED) is 0.769. The molecule has 0 unspecified atom stereocenters. The Bertz CT molecular complexity index is 511. The average molecular weight is 271 g/mol. The van der Waals surface area contributed by atoms with Crippen molar-refractivity contribution in [2.45, 2.75) is 13.5 Å². The number of rotatable bonds is 5. The molecule has 1 aromatic rings. The van der Waals surface area contributed by atoms with E-state index in [-0.39, 0.29) is 23.5 Å². The molecule has 0 saturated heterocycles. The molecule has 1 aromatic carbocycles. The summed E-state index contributed by atoms with van der Waals surface area (Å²) in [5.41, 5.74) is -0.209. The molecule has 0 saturated carbocycles. The molecule has 0 spiro atoms. The number of nitriles is 1. The van der Waals surface area contributed by atoms with Crippen molar-refractivity contribution >= 4 is 5.97 Å². The fourth-order valence-electron chi connectivity index (χ4n) is 1.38. The lowest BCUT2D eigenvalue weighted by atomic mass is 10.1. The number of halogens is 2. The molecule has 0 heterocycles. The Morgan fingerprint density at radius 3 is 2.63 bits per heavy atom. The van der Waals surface area contributed by atoms with E-state index in [1.54, 1.807) is 13.0 Å². The van der Waals surface area contributed by atoms with E-state index in [2.05, 4.69) is 4.74 Å². The number of benzene rings is 1. The molecule has 5 nitrogen and oxygen atoms in total. The summed E-state index contributed by atoms with van der Waals surface area (Å²) in [6.07, 6.45) is 0. The van der Waals surface area contributed by atoms with Gasteiger partial charge in [0.1, 0.15) is 6.07 Å². The van der Waals surface area contributed by atoms with E-state index < -0.39 is 18.3 Å². The summed E-state index contributed by atoms with van der Waals surface area (Å²) in [5.74, 6) is -1.23. The first kappa shape index (κ1) is 14.7. The van der Waals surface area contributed by atoms with Crippen LogP contribution in [0.4, 0.5) is 8.78 Å². The van der Waals surface area contributed by atoms with Crippen molar-refractivity contribution in [3.8, 4) is 17.6 Å². The first-order chi connectivity index (χ1) is 9.03. The fourth-order valence-corrected chi connectivity index (χ4v) is 1.38. The van der Waals surface area contributed by atoms with Crippen LogP contribution >= 0.6 is 0 Å². The highest BCUT2D eigenvalue weighted by Crippen LogP contribution is 2.33. The van der Waals surface area contributed by atoms with Crippen LogP contribution in [0.15, 0.2) is 12.1 Å². The third-order valence-electron chi connectivity index (χ3n) is 2.11. The molecule has 0 aromatic heterocycles. The maximum atomic E-state index is 12.3. The summed E-state index contributed by atoms with van der Waals surface area (Å²) in [7, 11) is 1.21. The zero-order valence-corrected chi connectivity index (χ0v) is 10.3. The van der Waals surface area contributed by atoms with Gasteiger partial charge < -0.3 is 14.2 Å². The molecule has 0 aliphatic carbocycles. The molecular weight excluding hydrogens is 260 g/mol. The van der Waals surface area contributed by atoms with Crippen LogP contribution in [-0.4, -0.2) is 26.3 Å². The number of ether oxygens (including phenoxy) is 3. The van der Waals surface area contributed by atoms with Crippen LogP contribution in [0.3, 0.4) is 0 Å². The van der Waals surface area contributed by atoms with E-state index in [0.29, 0.717) is 0 Å². The summed E-state index contributed by atoms with van der Waals surface area (Å²) < 4.78 is 38.3. The van der Waals surface area contributed by atoms with Crippen LogP contribution < -0.4 is 9.47 Å². The van der Waals surface area contributed by atoms with Crippen molar-refractivity contribution in [2.24, 2.45) is 0 Å². The number of hydrogen-bond donors (Lipinski definition) is 0. The zero-order valence-electron chi connectivity index (χ0n) is 10.3. The maximum Gasteiger partial charge on any atom is 0.387 e. The van der Waals surface area contributed by atoms with Crippen LogP contribution in [0.25, 0.3) is 0 Å². The second kappa shape index (κ2) is 6.54. The first-order valence-corrected chi connectivity index (χ1v) is 5.27. The van der Waals surface area contributed by atoms with Gasteiger partial charge in [0.25, 0.3) is 0 Å². The molecule has 0 radical (unpaired) electrons. The molecule has 19 heavy (non-hydrogen) atoms. The Morgan fingerprint density at radius 1 is 1.47 bits per heavy atom. The lowest BCUT2D eigenvalue weighted by Crippen LogP contribution is -2.09. The maximum absolute atomic E-state index is 12.3. The van der Waals surface area contributed by atoms with E-state index in [0.717, 1.165) is 6.07 Å². The van der Waals surface area contributed by atoms with Crippen molar-refractivity contribution in [3.05, 3.63) is 23.3 Å². The van der Waals surface area contributed by atoms with Gasteiger partial charge in [0.15, 0.2) is 11.5 Å². The number of alkyl halides is 2. The molecule has 102 valence electrons. The van der Waals surface area contributed by atoms with Gasteiger partial charge in [-0.2, -0.15) is 14.0 Å². The van der Waals surface area contributed by atoms with Gasteiger partial charge in [0.2, 0.25) is 0 Å². The minimum atomic E-state index is -3.10. The molecule has 0 bridgehead atoms.